The van der Waals surface area contributed by atoms with Crippen LogP contribution in [-0.2, 0) is 27.2 Å². The number of benzene rings is 1. The average molecular weight is 510 g/mol. The van der Waals surface area contributed by atoms with Crippen LogP contribution in [0.2, 0.25) is 0 Å². The lowest BCUT2D eigenvalue weighted by atomic mass is 10.1. The third kappa shape index (κ3) is 6.78. The summed E-state index contributed by atoms with van der Waals surface area (Å²) in [5.41, 5.74) is 3.04. The maximum Gasteiger partial charge on any atom is 0.328 e. The number of hydrogen-bond donors (Lipinski definition) is 3. The summed E-state index contributed by atoms with van der Waals surface area (Å²) in [4.78, 5) is 46.1. The zero-order valence-corrected chi connectivity index (χ0v) is 21.2. The SMILES string of the molecule is COC(=O)[C@H](CCNC(=O)CCCCc1ccc2c(n1)NCCC2)NC(=O)c1nc2ccccc2s1. The molecule has 10 heteroatoms. The molecule has 0 saturated heterocycles. The molecule has 1 aliphatic rings. The number of carbonyl (C=O) groups excluding carboxylic acids is 3. The summed E-state index contributed by atoms with van der Waals surface area (Å²) in [7, 11) is 1.27. The first-order chi connectivity index (χ1) is 17.5. The second-order valence-electron chi connectivity index (χ2n) is 8.72. The number of anilines is 1. The fourth-order valence-electron chi connectivity index (χ4n) is 4.12. The molecule has 1 aliphatic heterocycles. The van der Waals surface area contributed by atoms with Crippen LogP contribution in [0.25, 0.3) is 10.2 Å². The summed E-state index contributed by atoms with van der Waals surface area (Å²) in [6.07, 6.45) is 5.25. The summed E-state index contributed by atoms with van der Waals surface area (Å²) in [5.74, 6) is -0.0993. The Balaban J connectivity index is 1.18. The minimum Gasteiger partial charge on any atom is -0.467 e. The first-order valence-electron chi connectivity index (χ1n) is 12.3. The number of methoxy groups -OCH3 is 1. The van der Waals surface area contributed by atoms with Crippen LogP contribution in [0.15, 0.2) is 36.4 Å². The molecule has 0 aliphatic carbocycles. The monoisotopic (exact) mass is 509 g/mol. The van der Waals surface area contributed by atoms with E-state index in [9.17, 15) is 14.4 Å². The number of aryl methyl sites for hydroxylation is 2. The number of thiazole rings is 1. The van der Waals surface area contributed by atoms with E-state index in [4.69, 9.17) is 4.74 Å². The Kier molecular flexibility index (Phi) is 8.83. The maximum absolute atomic E-state index is 12.6. The number of nitrogens with zero attached hydrogens (tertiary/aromatic N) is 2. The molecule has 3 aromatic rings. The molecule has 0 fully saturated rings. The number of ether oxygens (including phenoxy) is 1. The molecule has 0 saturated carbocycles. The molecule has 4 rings (SSSR count). The molecule has 3 heterocycles. The van der Waals surface area contributed by atoms with Gasteiger partial charge in [0.15, 0.2) is 5.01 Å². The largest absolute Gasteiger partial charge is 0.467 e. The molecule has 0 unspecified atom stereocenters. The second kappa shape index (κ2) is 12.4. The predicted octanol–water partition coefficient (Wildman–Crippen LogP) is 3.24. The highest BCUT2D eigenvalue weighted by Crippen LogP contribution is 2.22. The molecule has 3 N–H and O–H groups in total. The molecule has 0 spiro atoms. The Morgan fingerprint density at radius 2 is 2.00 bits per heavy atom. The second-order valence-corrected chi connectivity index (χ2v) is 9.75. The van der Waals surface area contributed by atoms with Gasteiger partial charge < -0.3 is 20.7 Å². The van der Waals surface area contributed by atoms with Crippen molar-refractivity contribution >= 4 is 45.2 Å². The van der Waals surface area contributed by atoms with Gasteiger partial charge in [0, 0.05) is 25.2 Å². The molecule has 0 radical (unpaired) electrons. The van der Waals surface area contributed by atoms with Crippen LogP contribution in [0.3, 0.4) is 0 Å². The van der Waals surface area contributed by atoms with Crippen LogP contribution in [0, 0.1) is 0 Å². The van der Waals surface area contributed by atoms with Crippen molar-refractivity contribution in [2.24, 2.45) is 0 Å². The van der Waals surface area contributed by atoms with Crippen LogP contribution >= 0.6 is 11.3 Å². The number of unbranched alkanes of at least 4 members (excludes halogenated alkanes) is 1. The zero-order chi connectivity index (χ0) is 25.3. The van der Waals surface area contributed by atoms with Crippen LogP contribution in [-0.4, -0.2) is 54.0 Å². The van der Waals surface area contributed by atoms with Gasteiger partial charge in [0.05, 0.1) is 17.3 Å². The highest BCUT2D eigenvalue weighted by Gasteiger charge is 2.24. The maximum atomic E-state index is 12.6. The van der Waals surface area contributed by atoms with Gasteiger partial charge in [-0.15, -0.1) is 11.3 Å². The summed E-state index contributed by atoms with van der Waals surface area (Å²) < 4.78 is 5.72. The topological polar surface area (TPSA) is 122 Å². The number of para-hydroxylation sites is 1. The van der Waals surface area contributed by atoms with Gasteiger partial charge in [-0.3, -0.25) is 9.59 Å². The van der Waals surface area contributed by atoms with Crippen molar-refractivity contribution in [3.05, 3.63) is 52.7 Å². The van der Waals surface area contributed by atoms with Crippen molar-refractivity contribution in [2.45, 2.75) is 51.0 Å². The fourth-order valence-corrected chi connectivity index (χ4v) is 4.99. The van der Waals surface area contributed by atoms with Gasteiger partial charge in [0.1, 0.15) is 11.9 Å². The number of carbonyl (C=O) groups is 3. The lowest BCUT2D eigenvalue weighted by Gasteiger charge is -2.17. The van der Waals surface area contributed by atoms with Gasteiger partial charge in [-0.1, -0.05) is 18.2 Å². The highest BCUT2D eigenvalue weighted by molar-refractivity contribution is 7.20. The van der Waals surface area contributed by atoms with Crippen molar-refractivity contribution in [1.82, 2.24) is 20.6 Å². The number of hydrogen-bond acceptors (Lipinski definition) is 8. The quantitative estimate of drug-likeness (QED) is 0.268. The first-order valence-corrected chi connectivity index (χ1v) is 13.1. The molecule has 2 aromatic heterocycles. The summed E-state index contributed by atoms with van der Waals surface area (Å²) in [6, 6.07) is 10.8. The molecular formula is C26H31N5O4S. The Morgan fingerprint density at radius 1 is 1.14 bits per heavy atom. The average Bonchev–Trinajstić information content (AvgIpc) is 3.34. The van der Waals surface area contributed by atoms with E-state index in [1.165, 1.54) is 24.0 Å². The van der Waals surface area contributed by atoms with Crippen molar-refractivity contribution in [1.29, 1.82) is 0 Å². The van der Waals surface area contributed by atoms with Crippen molar-refractivity contribution in [2.75, 3.05) is 25.5 Å². The van der Waals surface area contributed by atoms with Crippen LogP contribution in [0.1, 0.15) is 53.2 Å². The molecule has 0 bridgehead atoms. The molecule has 1 atom stereocenters. The van der Waals surface area contributed by atoms with E-state index in [1.54, 1.807) is 0 Å². The number of fused-ring (bicyclic) bond motifs is 2. The Labute approximate surface area is 214 Å². The third-order valence-electron chi connectivity index (χ3n) is 6.07. The normalized spacial score (nSPS) is 13.4. The molecule has 36 heavy (non-hydrogen) atoms. The minimum atomic E-state index is -0.876. The van der Waals surface area contributed by atoms with E-state index in [-0.39, 0.29) is 23.9 Å². The number of nitrogens with one attached hydrogen (secondary N) is 3. The Morgan fingerprint density at radius 3 is 2.83 bits per heavy atom. The van der Waals surface area contributed by atoms with E-state index in [0.717, 1.165) is 60.4 Å². The van der Waals surface area contributed by atoms with E-state index in [1.807, 2.05) is 24.3 Å². The van der Waals surface area contributed by atoms with Gasteiger partial charge >= 0.3 is 5.97 Å². The lowest BCUT2D eigenvalue weighted by molar-refractivity contribution is -0.143. The van der Waals surface area contributed by atoms with Crippen molar-refractivity contribution in [3.63, 3.8) is 0 Å². The smallest absolute Gasteiger partial charge is 0.328 e. The molecule has 1 aromatic carbocycles. The first kappa shape index (κ1) is 25.6. The van der Waals surface area contributed by atoms with Crippen LogP contribution in [0.4, 0.5) is 5.82 Å². The van der Waals surface area contributed by atoms with Crippen molar-refractivity contribution < 1.29 is 19.1 Å². The van der Waals surface area contributed by atoms with Crippen molar-refractivity contribution in [3.8, 4) is 0 Å². The van der Waals surface area contributed by atoms with E-state index >= 15 is 0 Å². The standard InChI is InChI=1S/C26H31N5O4S/c1-35-26(34)20(30-24(33)25-31-19-9-3-4-10-21(19)36-25)14-16-27-22(32)11-5-2-8-18-13-12-17-7-6-15-28-23(17)29-18/h3-4,9-10,12-13,20H,2,5-8,11,14-16H2,1H3,(H,27,32)(H,28,29)(H,30,33)/t20-/m0/s1. The molecule has 9 nitrogen and oxygen atoms in total. The Hall–Kier alpha value is -3.53. The van der Waals surface area contributed by atoms with Gasteiger partial charge in [0.25, 0.3) is 5.91 Å². The van der Waals surface area contributed by atoms with Gasteiger partial charge in [-0.2, -0.15) is 0 Å². The van der Waals surface area contributed by atoms with E-state index < -0.39 is 17.9 Å². The van der Waals surface area contributed by atoms with E-state index in [2.05, 4.69) is 38.1 Å². The number of aromatic nitrogens is 2. The van der Waals surface area contributed by atoms with E-state index in [0.29, 0.717) is 6.42 Å². The zero-order valence-electron chi connectivity index (χ0n) is 20.3. The van der Waals surface area contributed by atoms with Crippen LogP contribution < -0.4 is 16.0 Å². The predicted molar refractivity (Wildman–Crippen MR) is 139 cm³/mol. The molecule has 2 amide bonds. The van der Waals surface area contributed by atoms with Gasteiger partial charge in [-0.05, 0) is 62.3 Å². The molecular weight excluding hydrogens is 478 g/mol. The summed E-state index contributed by atoms with van der Waals surface area (Å²) in [6.45, 7) is 1.21. The van der Waals surface area contributed by atoms with Gasteiger partial charge in [-0.25, -0.2) is 14.8 Å². The third-order valence-corrected chi connectivity index (χ3v) is 7.11. The lowest BCUT2D eigenvalue weighted by Crippen LogP contribution is -2.43. The fraction of sp³-hybridized carbons (Fsp3) is 0.423. The summed E-state index contributed by atoms with van der Waals surface area (Å²) >= 11 is 1.26. The molecule has 190 valence electrons. The number of pyridine rings is 1. The highest BCUT2D eigenvalue weighted by atomic mass is 32.1. The van der Waals surface area contributed by atoms with Crippen LogP contribution in [0.5, 0.6) is 0 Å². The number of esters is 1. The number of rotatable bonds is 11. The summed E-state index contributed by atoms with van der Waals surface area (Å²) in [5, 5.41) is 9.13. The Bertz CT molecular complexity index is 1200. The number of amides is 2. The van der Waals surface area contributed by atoms with Gasteiger partial charge in [0.2, 0.25) is 5.91 Å². The minimum absolute atomic E-state index is 0.0869.